The maximum absolute atomic E-state index is 13.2. The van der Waals surface area contributed by atoms with Gasteiger partial charge in [-0.3, -0.25) is 37.3 Å². The number of rotatable bonds is 83. The number of hydrogen-bond acceptors (Lipinski definition) is 15. The van der Waals surface area contributed by atoms with E-state index in [1.54, 1.807) is 0 Å². The first kappa shape index (κ1) is 107. The number of phosphoric ester groups is 2. The Labute approximate surface area is 682 Å². The van der Waals surface area contributed by atoms with Crippen molar-refractivity contribution in [3.05, 3.63) is 134 Å². The first-order valence-corrected chi connectivity index (χ1v) is 47.4. The van der Waals surface area contributed by atoms with Crippen LogP contribution in [-0.4, -0.2) is 96.7 Å². The first-order chi connectivity index (χ1) is 54.7. The zero-order valence-corrected chi connectivity index (χ0v) is 72.6. The molecule has 0 aliphatic rings. The van der Waals surface area contributed by atoms with Crippen molar-refractivity contribution in [1.29, 1.82) is 0 Å². The van der Waals surface area contributed by atoms with Crippen LogP contribution in [0.4, 0.5) is 0 Å². The number of aliphatic hydroxyl groups is 1. The van der Waals surface area contributed by atoms with E-state index in [1.165, 1.54) is 83.5 Å². The van der Waals surface area contributed by atoms with Crippen molar-refractivity contribution in [2.45, 2.75) is 393 Å². The predicted molar refractivity (Wildman–Crippen MR) is 464 cm³/mol. The summed E-state index contributed by atoms with van der Waals surface area (Å²) >= 11 is 0. The van der Waals surface area contributed by atoms with Crippen LogP contribution in [0.15, 0.2) is 134 Å². The third kappa shape index (κ3) is 83.2. The van der Waals surface area contributed by atoms with E-state index in [1.807, 2.05) is 0 Å². The lowest BCUT2D eigenvalue weighted by Crippen LogP contribution is -2.30. The van der Waals surface area contributed by atoms with Gasteiger partial charge >= 0.3 is 39.5 Å². The molecule has 112 heavy (non-hydrogen) atoms. The molecule has 0 bridgehead atoms. The second-order valence-electron chi connectivity index (χ2n) is 29.4. The normalized spacial score (nSPS) is 14.4. The lowest BCUT2D eigenvalue weighted by atomic mass is 10.0. The van der Waals surface area contributed by atoms with Crippen LogP contribution >= 0.6 is 15.6 Å². The van der Waals surface area contributed by atoms with Gasteiger partial charge in [-0.25, -0.2) is 9.13 Å². The van der Waals surface area contributed by atoms with Gasteiger partial charge in [0.25, 0.3) is 0 Å². The summed E-state index contributed by atoms with van der Waals surface area (Å²) in [5.41, 5.74) is 0. The fourth-order valence-corrected chi connectivity index (χ4v) is 13.5. The highest BCUT2D eigenvalue weighted by atomic mass is 31.2. The average molecular weight is 1610 g/mol. The lowest BCUT2D eigenvalue weighted by Gasteiger charge is -2.21. The summed E-state index contributed by atoms with van der Waals surface area (Å²) in [5.74, 6) is -2.20. The van der Waals surface area contributed by atoms with Gasteiger partial charge in [0.05, 0.1) is 26.4 Å². The predicted octanol–water partition coefficient (Wildman–Crippen LogP) is 26.8. The molecular formula is C93H160O17P2. The molecule has 0 fully saturated rings. The number of phosphoric acid groups is 2. The molecule has 0 saturated heterocycles. The summed E-state index contributed by atoms with van der Waals surface area (Å²) in [6, 6.07) is 0. The Bertz CT molecular complexity index is 2640. The summed E-state index contributed by atoms with van der Waals surface area (Å²) < 4.78 is 68.9. The molecule has 19 heteroatoms. The minimum atomic E-state index is -5.00. The monoisotopic (exact) mass is 1610 g/mol. The quantitative estimate of drug-likeness (QED) is 0.0169. The van der Waals surface area contributed by atoms with E-state index in [9.17, 15) is 43.2 Å². The number of ether oxygens (including phenoxy) is 4. The van der Waals surface area contributed by atoms with Gasteiger partial charge in [-0.2, -0.15) is 0 Å². The fourth-order valence-electron chi connectivity index (χ4n) is 11.9. The third-order valence-electron chi connectivity index (χ3n) is 18.6. The molecule has 0 heterocycles. The summed E-state index contributed by atoms with van der Waals surface area (Å²) in [7, 11) is -9.98. The van der Waals surface area contributed by atoms with Crippen molar-refractivity contribution in [3.63, 3.8) is 0 Å². The van der Waals surface area contributed by atoms with Crippen molar-refractivity contribution in [2.24, 2.45) is 0 Å². The minimum Gasteiger partial charge on any atom is -0.462 e. The third-order valence-corrected chi connectivity index (χ3v) is 20.5. The van der Waals surface area contributed by atoms with E-state index in [0.717, 1.165) is 212 Å². The minimum absolute atomic E-state index is 0.0726. The molecule has 0 aliphatic heterocycles. The van der Waals surface area contributed by atoms with Gasteiger partial charge in [-0.15, -0.1) is 0 Å². The molecular weight excluding hydrogens is 1450 g/mol. The fraction of sp³-hybridized carbons (Fsp3) is 0.720. The van der Waals surface area contributed by atoms with Crippen molar-refractivity contribution in [3.8, 4) is 0 Å². The molecule has 0 aromatic carbocycles. The van der Waals surface area contributed by atoms with E-state index in [-0.39, 0.29) is 25.7 Å². The van der Waals surface area contributed by atoms with Crippen LogP contribution in [0, 0.1) is 0 Å². The molecule has 3 N–H and O–H groups in total. The first-order valence-electron chi connectivity index (χ1n) is 44.4. The van der Waals surface area contributed by atoms with E-state index >= 15 is 0 Å². The van der Waals surface area contributed by atoms with Gasteiger partial charge in [0.1, 0.15) is 19.3 Å². The highest BCUT2D eigenvalue weighted by Gasteiger charge is 2.30. The molecule has 0 saturated carbocycles. The van der Waals surface area contributed by atoms with Gasteiger partial charge in [-0.1, -0.05) is 341 Å². The topological polar surface area (TPSA) is 237 Å². The van der Waals surface area contributed by atoms with Crippen molar-refractivity contribution >= 4 is 39.5 Å². The number of allylic oxidation sites excluding steroid dienone is 22. The van der Waals surface area contributed by atoms with Crippen LogP contribution in [0.2, 0.25) is 0 Å². The standard InChI is InChI=1S/C93H160O17P2/c1-5-9-13-17-21-25-29-33-37-40-43-46-50-53-57-61-65-69-73-77-90(95)103-83-88(109-92(97)79-75-71-67-63-59-55-49-36-32-28-24-20-16-12-8-4)85-107-111(99,100)105-81-87(94)82-106-112(101,102)108-86-89(110-93(98)80-76-72-68-64-60-56-52-48-45-42-39-35-31-27-23-19-15-11-7-3)84-104-91(96)78-74-70-66-62-58-54-51-47-44-41-38-34-30-26-22-18-14-10-6-2/h10-11,14-15,21-23,25-27,33-35,37-39,43-48,87-89,94H,5-9,12-13,16-20,24,28-32,36,40-42,49-86H2,1-4H3,(H,99,100)(H,101,102)/b14-10-,15-11-,25-21-,26-22-,27-23-,37-33-,38-34-,39-35-,46-43-,47-44-,48-45-. The van der Waals surface area contributed by atoms with Crippen LogP contribution < -0.4 is 0 Å². The van der Waals surface area contributed by atoms with E-state index in [0.29, 0.717) is 25.7 Å². The second-order valence-corrected chi connectivity index (χ2v) is 32.3. The van der Waals surface area contributed by atoms with Crippen molar-refractivity contribution < 1.29 is 80.2 Å². The van der Waals surface area contributed by atoms with Gasteiger partial charge < -0.3 is 33.8 Å². The number of unbranched alkanes of at least 4 members (excludes halogenated alkanes) is 35. The molecule has 0 aromatic heterocycles. The maximum atomic E-state index is 13.2. The van der Waals surface area contributed by atoms with Crippen molar-refractivity contribution in [2.75, 3.05) is 39.6 Å². The summed E-state index contributed by atoms with van der Waals surface area (Å²) in [6.07, 6.45) is 96.8. The van der Waals surface area contributed by atoms with E-state index < -0.39 is 97.5 Å². The highest BCUT2D eigenvalue weighted by Crippen LogP contribution is 2.45. The van der Waals surface area contributed by atoms with E-state index in [2.05, 4.69) is 161 Å². The Morgan fingerprint density at radius 1 is 0.259 bits per heavy atom. The molecule has 0 spiro atoms. The second kappa shape index (κ2) is 84.1. The van der Waals surface area contributed by atoms with Gasteiger partial charge in [-0.05, 0) is 141 Å². The number of hydrogen-bond donors (Lipinski definition) is 3. The molecule has 5 unspecified atom stereocenters. The number of carbonyl (C=O) groups is 4. The van der Waals surface area contributed by atoms with Gasteiger partial charge in [0, 0.05) is 25.7 Å². The van der Waals surface area contributed by atoms with Crippen LogP contribution in [-0.2, 0) is 65.4 Å². The summed E-state index contributed by atoms with van der Waals surface area (Å²) in [4.78, 5) is 73.4. The van der Waals surface area contributed by atoms with Crippen LogP contribution in [0.5, 0.6) is 0 Å². The van der Waals surface area contributed by atoms with Crippen molar-refractivity contribution in [1.82, 2.24) is 0 Å². The Balaban J connectivity index is 5.41. The maximum Gasteiger partial charge on any atom is 0.472 e. The summed E-state index contributed by atoms with van der Waals surface area (Å²) in [6.45, 7) is 4.65. The Morgan fingerprint density at radius 3 is 0.732 bits per heavy atom. The zero-order valence-electron chi connectivity index (χ0n) is 70.8. The Hall–Kier alpha value is -4.80. The number of carbonyl (C=O) groups excluding carboxylic acids is 4. The largest absolute Gasteiger partial charge is 0.472 e. The Kier molecular flexibility index (Phi) is 80.5. The number of esters is 4. The SMILES string of the molecule is CC/C=C\C/C=C\C/C=C\C/C=C\CCCCCCCCC(=O)OCC(COP(=O)(O)OCC(O)COP(=O)(O)OCC(COC(=O)CCCCCCCC/C=C\C/C=C\C/C=C\CCCCC)OC(=O)CCCCCCCCCCCCCCCCC)OC(=O)CCCCCCCC/C=C\C/C=C\C/C=C\C/C=C\CC. The number of aliphatic hydroxyl groups excluding tert-OH is 1. The van der Waals surface area contributed by atoms with E-state index in [4.69, 9.17) is 37.0 Å². The summed E-state index contributed by atoms with van der Waals surface area (Å²) in [5, 5.41) is 10.7. The molecule has 5 atom stereocenters. The zero-order chi connectivity index (χ0) is 81.7. The van der Waals surface area contributed by atoms with Gasteiger partial charge in [0.2, 0.25) is 0 Å². The molecule has 0 aliphatic carbocycles. The van der Waals surface area contributed by atoms with Crippen LogP contribution in [0.25, 0.3) is 0 Å². The highest BCUT2D eigenvalue weighted by molar-refractivity contribution is 7.47. The molecule has 644 valence electrons. The molecule has 17 nitrogen and oxygen atoms in total. The van der Waals surface area contributed by atoms with Crippen LogP contribution in [0.1, 0.15) is 374 Å². The average Bonchev–Trinajstić information content (AvgIpc) is 0.898. The molecule has 0 rings (SSSR count). The Morgan fingerprint density at radius 2 is 0.464 bits per heavy atom. The molecule has 0 radical (unpaired) electrons. The molecule has 0 amide bonds. The lowest BCUT2D eigenvalue weighted by molar-refractivity contribution is -0.161. The van der Waals surface area contributed by atoms with Crippen LogP contribution in [0.3, 0.4) is 0 Å². The molecule has 0 aromatic rings. The smallest absolute Gasteiger partial charge is 0.462 e. The van der Waals surface area contributed by atoms with Gasteiger partial charge in [0.15, 0.2) is 12.2 Å².